The Labute approximate surface area is 162 Å². The smallest absolute Gasteiger partial charge is 0.0731 e. The molecule has 0 unspecified atom stereocenters. The minimum absolute atomic E-state index is 0.0926. The fourth-order valence-corrected chi connectivity index (χ4v) is 3.26. The van der Waals surface area contributed by atoms with Crippen LogP contribution in [0.1, 0.15) is 24.1 Å². The van der Waals surface area contributed by atoms with Crippen LogP contribution in [-0.2, 0) is 0 Å². The Morgan fingerprint density at radius 2 is 1.43 bits per heavy atom. The van der Waals surface area contributed by atoms with E-state index in [0.717, 1.165) is 33.5 Å². The summed E-state index contributed by atoms with van der Waals surface area (Å²) in [6, 6.07) is 16.1. The van der Waals surface area contributed by atoms with Crippen molar-refractivity contribution < 1.29 is 6.48 Å². The molecular formula is C23H18N4O. The number of nitrogens with zero attached hydrogens (tertiary/aromatic N) is 2. The summed E-state index contributed by atoms with van der Waals surface area (Å²) in [6.45, 7) is -0.0926. The number of allylic oxidation sites excluding steroid dienone is 2. The zero-order valence-electron chi connectivity index (χ0n) is 16.0. The third-order valence-electron chi connectivity index (χ3n) is 4.51. The van der Waals surface area contributed by atoms with Gasteiger partial charge >= 0.3 is 0 Å². The normalized spacial score (nSPS) is 14.1. The van der Waals surface area contributed by atoms with Gasteiger partial charge in [-0.15, -0.1) is 0 Å². The molecule has 2 aliphatic heterocycles. The Kier molecular flexibility index (Phi) is 3.73. The number of fused-ring (bicyclic) bond motifs is 8. The zero-order chi connectivity index (χ0) is 19.8. The maximum atomic E-state index is 9.16. The van der Waals surface area contributed by atoms with Crippen molar-refractivity contribution in [3.05, 3.63) is 83.5 Å². The first-order valence-electron chi connectivity index (χ1n) is 9.53. The summed E-state index contributed by atoms with van der Waals surface area (Å²) in [5, 5.41) is 9.16. The van der Waals surface area contributed by atoms with E-state index in [2.05, 4.69) is 19.9 Å². The Morgan fingerprint density at radius 1 is 0.821 bits per heavy atom. The van der Waals surface area contributed by atoms with E-state index in [4.69, 9.17) is 6.48 Å². The molecule has 3 aromatic heterocycles. The highest BCUT2D eigenvalue weighted by Gasteiger charge is 2.09. The average Bonchev–Trinajstić information content (AvgIpc) is 3.47. The first-order valence-corrected chi connectivity index (χ1v) is 9.03. The lowest BCUT2D eigenvalue weighted by molar-refractivity contribution is 0.343. The molecule has 0 radical (unpaired) electrons. The molecule has 3 N–H and O–H groups in total. The van der Waals surface area contributed by atoms with Gasteiger partial charge in [0.1, 0.15) is 0 Å². The van der Waals surface area contributed by atoms with Gasteiger partial charge in [-0.05, 0) is 66.7 Å². The quantitative estimate of drug-likeness (QED) is 0.485. The van der Waals surface area contributed by atoms with Crippen LogP contribution in [0.2, 0.25) is 0 Å². The third kappa shape index (κ3) is 3.31. The van der Waals surface area contributed by atoms with E-state index in [0.29, 0.717) is 23.0 Å². The summed E-state index contributed by atoms with van der Waals surface area (Å²) < 4.78 is 8.55. The van der Waals surface area contributed by atoms with Crippen molar-refractivity contribution in [2.24, 2.45) is 0 Å². The number of hydrogen-bond acceptors (Lipinski definition) is 3. The van der Waals surface area contributed by atoms with Crippen LogP contribution in [0.4, 0.5) is 0 Å². The number of aliphatic hydroxyl groups excluding tert-OH is 1. The summed E-state index contributed by atoms with van der Waals surface area (Å²) in [5.74, 6) is 0. The number of H-pyrrole nitrogens is 2. The lowest BCUT2D eigenvalue weighted by Crippen LogP contribution is -1.81. The van der Waals surface area contributed by atoms with Gasteiger partial charge in [0.05, 0.1) is 30.8 Å². The Balaban J connectivity index is 1.83. The molecule has 0 saturated heterocycles. The highest BCUT2D eigenvalue weighted by atomic mass is 16.2. The molecule has 0 spiro atoms. The summed E-state index contributed by atoms with van der Waals surface area (Å²) >= 11 is 0. The van der Waals surface area contributed by atoms with Gasteiger partial charge < -0.3 is 15.1 Å². The van der Waals surface area contributed by atoms with E-state index < -0.39 is 0 Å². The number of aromatic nitrogens is 4. The average molecular weight is 367 g/mol. The largest absolute Gasteiger partial charge is 0.392 e. The molecule has 0 aromatic carbocycles. The van der Waals surface area contributed by atoms with Crippen molar-refractivity contribution in [3.8, 4) is 0 Å². The molecular weight excluding hydrogens is 348 g/mol. The third-order valence-corrected chi connectivity index (χ3v) is 4.51. The molecule has 3 aromatic rings. The van der Waals surface area contributed by atoms with Crippen LogP contribution in [-0.4, -0.2) is 31.6 Å². The topological polar surface area (TPSA) is 77.6 Å². The lowest BCUT2D eigenvalue weighted by atomic mass is 10.1. The monoisotopic (exact) mass is 367 g/mol. The van der Waals surface area contributed by atoms with Crippen LogP contribution >= 0.6 is 0 Å². The second-order valence-corrected chi connectivity index (χ2v) is 6.62. The fourth-order valence-electron chi connectivity index (χ4n) is 3.26. The molecule has 5 heteroatoms. The SMILES string of the molecule is [2H]C1=C(C=CCO)c2cc3nc(cc4ccc(cc5ccc(cc1n2)[nH]5)[nH]4)C=C3. The lowest BCUT2D eigenvalue weighted by Gasteiger charge is -1.92. The Bertz CT molecular complexity index is 1360. The minimum Gasteiger partial charge on any atom is -0.392 e. The van der Waals surface area contributed by atoms with E-state index in [1.54, 1.807) is 12.2 Å². The maximum Gasteiger partial charge on any atom is 0.0731 e. The van der Waals surface area contributed by atoms with Crippen molar-refractivity contribution >= 4 is 45.8 Å². The first kappa shape index (κ1) is 15.4. The molecule has 5 nitrogen and oxygen atoms in total. The summed E-state index contributed by atoms with van der Waals surface area (Å²) in [7, 11) is 0. The summed E-state index contributed by atoms with van der Waals surface area (Å²) in [4.78, 5) is 16.0. The molecule has 5 heterocycles. The molecule has 0 saturated carbocycles. The van der Waals surface area contributed by atoms with Gasteiger partial charge in [0.15, 0.2) is 0 Å². The van der Waals surface area contributed by atoms with E-state index in [-0.39, 0.29) is 6.61 Å². The van der Waals surface area contributed by atoms with Gasteiger partial charge in [-0.1, -0.05) is 12.2 Å². The second kappa shape index (κ2) is 6.79. The van der Waals surface area contributed by atoms with E-state index >= 15 is 0 Å². The minimum atomic E-state index is -0.0926. The molecule has 28 heavy (non-hydrogen) atoms. The molecule has 5 rings (SSSR count). The van der Waals surface area contributed by atoms with Gasteiger partial charge in [0, 0.05) is 27.6 Å². The molecule has 0 fully saturated rings. The molecule has 0 aliphatic carbocycles. The van der Waals surface area contributed by atoms with Crippen LogP contribution in [0.25, 0.3) is 45.8 Å². The predicted octanol–water partition coefficient (Wildman–Crippen LogP) is 4.57. The van der Waals surface area contributed by atoms with Crippen molar-refractivity contribution in [1.82, 2.24) is 19.9 Å². The highest BCUT2D eigenvalue weighted by molar-refractivity contribution is 5.89. The van der Waals surface area contributed by atoms with Crippen LogP contribution in [0, 0.1) is 0 Å². The van der Waals surface area contributed by atoms with E-state index in [9.17, 15) is 0 Å². The van der Waals surface area contributed by atoms with Crippen molar-refractivity contribution in [2.75, 3.05) is 6.61 Å². The number of aliphatic hydroxyl groups is 1. The zero-order valence-corrected chi connectivity index (χ0v) is 15.0. The number of hydrogen-bond donors (Lipinski definition) is 3. The molecule has 0 amide bonds. The van der Waals surface area contributed by atoms with Crippen LogP contribution < -0.4 is 0 Å². The first-order chi connectivity index (χ1) is 14.2. The molecule has 0 atom stereocenters. The van der Waals surface area contributed by atoms with Gasteiger partial charge in [-0.2, -0.15) is 0 Å². The number of rotatable bonds is 2. The fraction of sp³-hybridized carbons (Fsp3) is 0.0435. The number of nitrogens with one attached hydrogen (secondary N) is 2. The van der Waals surface area contributed by atoms with Gasteiger partial charge in [-0.3, -0.25) is 0 Å². The summed E-state index contributed by atoms with van der Waals surface area (Å²) in [5.41, 5.74) is 7.28. The maximum absolute atomic E-state index is 9.16. The standard InChI is InChI=1S/C23H18N4O/c28-9-1-2-15-10-22-13-20-6-5-18(25-20)11-16-3-4-17(24-16)12-19-7-8-21(26-19)14-23(15)27-22/h1-8,10-14,24-25,28H,9H2/i10D. The van der Waals surface area contributed by atoms with E-state index in [1.165, 1.54) is 0 Å². The van der Waals surface area contributed by atoms with Gasteiger partial charge in [0.2, 0.25) is 0 Å². The number of aromatic amines is 2. The molecule has 136 valence electrons. The van der Waals surface area contributed by atoms with Gasteiger partial charge in [-0.25, -0.2) is 9.97 Å². The van der Waals surface area contributed by atoms with Gasteiger partial charge in [0.25, 0.3) is 0 Å². The molecule has 8 bridgehead atoms. The summed E-state index contributed by atoms with van der Waals surface area (Å²) in [6.07, 6.45) is 7.22. The second-order valence-electron chi connectivity index (χ2n) is 6.62. The Morgan fingerprint density at radius 3 is 2.11 bits per heavy atom. The Hall–Kier alpha value is -3.70. The van der Waals surface area contributed by atoms with Crippen LogP contribution in [0.3, 0.4) is 0 Å². The highest BCUT2D eigenvalue weighted by Crippen LogP contribution is 2.24. The molecule has 2 aliphatic rings. The van der Waals surface area contributed by atoms with Crippen molar-refractivity contribution in [2.45, 2.75) is 0 Å². The van der Waals surface area contributed by atoms with E-state index in [1.807, 2.05) is 60.7 Å². The van der Waals surface area contributed by atoms with Crippen molar-refractivity contribution in [1.29, 1.82) is 0 Å². The predicted molar refractivity (Wildman–Crippen MR) is 114 cm³/mol. The van der Waals surface area contributed by atoms with Crippen molar-refractivity contribution in [3.63, 3.8) is 0 Å². The van der Waals surface area contributed by atoms with Crippen LogP contribution in [0.5, 0.6) is 0 Å². The van der Waals surface area contributed by atoms with Crippen LogP contribution in [0.15, 0.2) is 60.7 Å².